The van der Waals surface area contributed by atoms with Crippen LogP contribution in [0.3, 0.4) is 0 Å². The molecule has 0 saturated heterocycles. The molecular formula is C23H17N3O7. The molecule has 0 spiro atoms. The van der Waals surface area contributed by atoms with Crippen LogP contribution in [0.25, 0.3) is 17.4 Å². The second kappa shape index (κ2) is 9.93. The number of non-ortho nitro benzene ring substituents is 1. The number of carbonyl (C=O) groups is 2. The van der Waals surface area contributed by atoms with E-state index in [-0.39, 0.29) is 22.8 Å². The molecule has 10 nitrogen and oxygen atoms in total. The van der Waals surface area contributed by atoms with Crippen LogP contribution in [0.15, 0.2) is 64.6 Å². The van der Waals surface area contributed by atoms with Gasteiger partial charge in [-0.15, -0.1) is 0 Å². The van der Waals surface area contributed by atoms with Crippen molar-refractivity contribution in [1.29, 1.82) is 5.26 Å². The Bertz CT molecular complexity index is 1280. The molecule has 2 aromatic carbocycles. The van der Waals surface area contributed by atoms with Gasteiger partial charge in [0.1, 0.15) is 28.9 Å². The Morgan fingerprint density at radius 2 is 1.85 bits per heavy atom. The predicted octanol–water partition coefficient (Wildman–Crippen LogP) is 4.20. The van der Waals surface area contributed by atoms with Gasteiger partial charge in [-0.2, -0.15) is 5.26 Å². The molecule has 0 aliphatic carbocycles. The molecule has 0 fully saturated rings. The normalized spacial score (nSPS) is 10.8. The minimum Gasteiger partial charge on any atom is -0.496 e. The van der Waals surface area contributed by atoms with Gasteiger partial charge in [0, 0.05) is 17.8 Å². The number of nitrogens with one attached hydrogen (secondary N) is 1. The topological polar surface area (TPSA) is 145 Å². The zero-order chi connectivity index (χ0) is 24.0. The maximum Gasteiger partial charge on any atom is 0.337 e. The molecule has 3 rings (SSSR count). The van der Waals surface area contributed by atoms with Crippen molar-refractivity contribution < 1.29 is 28.4 Å². The third kappa shape index (κ3) is 5.23. The van der Waals surface area contributed by atoms with Crippen LogP contribution in [0.2, 0.25) is 0 Å². The summed E-state index contributed by atoms with van der Waals surface area (Å²) in [4.78, 5) is 34.4. The molecule has 10 heteroatoms. The smallest absolute Gasteiger partial charge is 0.337 e. The Kier molecular flexibility index (Phi) is 6.85. The number of methoxy groups -OCH3 is 2. The monoisotopic (exact) mass is 447 g/mol. The Hall–Kier alpha value is -4.91. The summed E-state index contributed by atoms with van der Waals surface area (Å²) in [6.07, 6.45) is 1.26. The molecule has 3 aromatic rings. The van der Waals surface area contributed by atoms with Gasteiger partial charge in [0.15, 0.2) is 0 Å². The van der Waals surface area contributed by atoms with Crippen molar-refractivity contribution >= 4 is 29.3 Å². The maximum absolute atomic E-state index is 12.5. The number of nitro benzene ring substituents is 1. The van der Waals surface area contributed by atoms with Crippen molar-refractivity contribution in [3.05, 3.63) is 81.6 Å². The third-order valence-electron chi connectivity index (χ3n) is 4.50. The summed E-state index contributed by atoms with van der Waals surface area (Å²) in [7, 11) is 2.64. The fourth-order valence-electron chi connectivity index (χ4n) is 2.87. The number of ether oxygens (including phenoxy) is 2. The molecule has 0 unspecified atom stereocenters. The van der Waals surface area contributed by atoms with Gasteiger partial charge in [-0.3, -0.25) is 14.9 Å². The van der Waals surface area contributed by atoms with Crippen molar-refractivity contribution in [1.82, 2.24) is 0 Å². The van der Waals surface area contributed by atoms with E-state index in [9.17, 15) is 25.0 Å². The number of anilines is 1. The van der Waals surface area contributed by atoms with Crippen LogP contribution in [0.4, 0.5) is 11.4 Å². The van der Waals surface area contributed by atoms with Crippen molar-refractivity contribution in [2.24, 2.45) is 0 Å². The van der Waals surface area contributed by atoms with E-state index in [2.05, 4.69) is 10.1 Å². The van der Waals surface area contributed by atoms with E-state index in [0.717, 1.165) is 0 Å². The Morgan fingerprint density at radius 3 is 2.45 bits per heavy atom. The molecule has 0 aliphatic heterocycles. The van der Waals surface area contributed by atoms with Gasteiger partial charge in [-0.1, -0.05) is 0 Å². The minimum absolute atomic E-state index is 0.134. The summed E-state index contributed by atoms with van der Waals surface area (Å²) >= 11 is 0. The van der Waals surface area contributed by atoms with Crippen LogP contribution in [-0.4, -0.2) is 31.0 Å². The first kappa shape index (κ1) is 22.8. The highest BCUT2D eigenvalue weighted by atomic mass is 16.6. The lowest BCUT2D eigenvalue weighted by Crippen LogP contribution is -2.13. The van der Waals surface area contributed by atoms with Gasteiger partial charge < -0.3 is 19.2 Å². The highest BCUT2D eigenvalue weighted by Crippen LogP contribution is 2.34. The van der Waals surface area contributed by atoms with Crippen LogP contribution in [0.1, 0.15) is 16.1 Å². The van der Waals surface area contributed by atoms with E-state index in [4.69, 9.17) is 9.15 Å². The number of esters is 1. The fourth-order valence-corrected chi connectivity index (χ4v) is 2.87. The van der Waals surface area contributed by atoms with E-state index in [1.165, 1.54) is 62.8 Å². The van der Waals surface area contributed by atoms with E-state index in [1.807, 2.05) is 6.07 Å². The van der Waals surface area contributed by atoms with Gasteiger partial charge in [0.05, 0.1) is 36.3 Å². The summed E-state index contributed by atoms with van der Waals surface area (Å²) in [5.41, 5.74) is 0.811. The second-order valence-electron chi connectivity index (χ2n) is 6.54. The molecule has 33 heavy (non-hydrogen) atoms. The lowest BCUT2D eigenvalue weighted by atomic mass is 10.1. The lowest BCUT2D eigenvalue weighted by molar-refractivity contribution is -0.384. The van der Waals surface area contributed by atoms with Gasteiger partial charge in [-0.25, -0.2) is 4.79 Å². The molecule has 166 valence electrons. The fraction of sp³-hybridized carbons (Fsp3) is 0.0870. The summed E-state index contributed by atoms with van der Waals surface area (Å²) < 4.78 is 15.5. The molecule has 0 aliphatic rings. The molecule has 0 saturated carbocycles. The average molecular weight is 447 g/mol. The zero-order valence-corrected chi connectivity index (χ0v) is 17.5. The number of nitro groups is 1. The van der Waals surface area contributed by atoms with Crippen LogP contribution in [-0.2, 0) is 9.53 Å². The van der Waals surface area contributed by atoms with E-state index in [1.54, 1.807) is 12.1 Å². The quantitative estimate of drug-likeness (QED) is 0.186. The molecular weight excluding hydrogens is 430 g/mol. The van der Waals surface area contributed by atoms with Gasteiger partial charge in [0.25, 0.3) is 11.6 Å². The molecule has 0 bridgehead atoms. The Balaban J connectivity index is 1.80. The molecule has 1 N–H and O–H groups in total. The number of furan rings is 1. The summed E-state index contributed by atoms with van der Waals surface area (Å²) in [6, 6.07) is 15.0. The first-order valence-electron chi connectivity index (χ1n) is 9.40. The van der Waals surface area contributed by atoms with Crippen LogP contribution >= 0.6 is 0 Å². The number of hydrogen-bond acceptors (Lipinski definition) is 8. The van der Waals surface area contributed by atoms with Crippen LogP contribution in [0, 0.1) is 21.4 Å². The minimum atomic E-state index is -0.672. The summed E-state index contributed by atoms with van der Waals surface area (Å²) in [5, 5.41) is 22.9. The standard InChI is InChI=1S/C23H17N3O7/c1-31-21-12-17(26(29)30)7-9-19(21)20-10-8-18(33-20)11-15(13-24)22(27)25-16-5-3-14(4-6-16)23(28)32-2/h3-12H,1-2H3,(H,25,27)/b15-11+. The first-order chi connectivity index (χ1) is 15.9. The summed E-state index contributed by atoms with van der Waals surface area (Å²) in [6.45, 7) is 0. The first-order valence-corrected chi connectivity index (χ1v) is 9.40. The zero-order valence-electron chi connectivity index (χ0n) is 17.5. The maximum atomic E-state index is 12.5. The highest BCUT2D eigenvalue weighted by molar-refractivity contribution is 6.09. The molecule has 1 heterocycles. The van der Waals surface area contributed by atoms with Crippen molar-refractivity contribution in [3.63, 3.8) is 0 Å². The molecule has 1 amide bonds. The van der Waals surface area contributed by atoms with Crippen LogP contribution in [0.5, 0.6) is 5.75 Å². The van der Waals surface area contributed by atoms with Crippen molar-refractivity contribution in [2.75, 3.05) is 19.5 Å². The van der Waals surface area contributed by atoms with Gasteiger partial charge in [0.2, 0.25) is 0 Å². The highest BCUT2D eigenvalue weighted by Gasteiger charge is 2.16. The van der Waals surface area contributed by atoms with E-state index in [0.29, 0.717) is 22.6 Å². The third-order valence-corrected chi connectivity index (χ3v) is 4.50. The van der Waals surface area contributed by atoms with Crippen molar-refractivity contribution in [2.45, 2.75) is 0 Å². The SMILES string of the molecule is COC(=O)c1ccc(NC(=O)/C(C#N)=C/c2ccc(-c3ccc([N+](=O)[O-])cc3OC)o2)cc1. The summed E-state index contributed by atoms with van der Waals surface area (Å²) in [5.74, 6) is -0.386. The van der Waals surface area contributed by atoms with Gasteiger partial charge in [-0.05, 0) is 42.5 Å². The number of carbonyl (C=O) groups excluding carboxylic acids is 2. The number of hydrogen-bond donors (Lipinski definition) is 1. The number of nitriles is 1. The number of benzene rings is 2. The van der Waals surface area contributed by atoms with E-state index >= 15 is 0 Å². The molecule has 0 radical (unpaired) electrons. The lowest BCUT2D eigenvalue weighted by Gasteiger charge is -2.06. The number of nitrogens with zero attached hydrogens (tertiary/aromatic N) is 2. The average Bonchev–Trinajstić information content (AvgIpc) is 3.30. The molecule has 0 atom stereocenters. The van der Waals surface area contributed by atoms with Crippen molar-refractivity contribution in [3.8, 4) is 23.1 Å². The van der Waals surface area contributed by atoms with E-state index < -0.39 is 16.8 Å². The Morgan fingerprint density at radius 1 is 1.12 bits per heavy atom. The Labute approximate surface area is 187 Å². The largest absolute Gasteiger partial charge is 0.496 e. The van der Waals surface area contributed by atoms with Gasteiger partial charge >= 0.3 is 5.97 Å². The number of rotatable bonds is 7. The van der Waals surface area contributed by atoms with Crippen LogP contribution < -0.4 is 10.1 Å². The number of amides is 1. The predicted molar refractivity (Wildman–Crippen MR) is 117 cm³/mol. The molecule has 1 aromatic heterocycles. The second-order valence-corrected chi connectivity index (χ2v) is 6.54.